The van der Waals surface area contributed by atoms with Gasteiger partial charge in [-0.05, 0) is 24.1 Å². The van der Waals surface area contributed by atoms with E-state index in [1.165, 1.54) is 12.0 Å². The van der Waals surface area contributed by atoms with Gasteiger partial charge in [0.25, 0.3) is 5.56 Å². The van der Waals surface area contributed by atoms with Gasteiger partial charge in [-0.15, -0.1) is 0 Å². The van der Waals surface area contributed by atoms with Crippen molar-refractivity contribution in [2.45, 2.75) is 18.6 Å². The van der Waals surface area contributed by atoms with Crippen LogP contribution in [-0.2, 0) is 0 Å². The van der Waals surface area contributed by atoms with Crippen LogP contribution < -0.4 is 16.2 Å². The maximum absolute atomic E-state index is 11.7. The minimum absolute atomic E-state index is 0.00659. The van der Waals surface area contributed by atoms with Crippen molar-refractivity contribution in [2.24, 2.45) is 5.92 Å². The Kier molecular flexibility index (Phi) is 5.95. The van der Waals surface area contributed by atoms with Gasteiger partial charge in [-0.25, -0.2) is 4.98 Å². The van der Waals surface area contributed by atoms with Crippen LogP contribution in [0.15, 0.2) is 47.8 Å². The summed E-state index contributed by atoms with van der Waals surface area (Å²) >= 11 is 0. The maximum Gasteiger partial charge on any atom is 0.280 e. The molecular weight excluding hydrogens is 374 g/mol. The summed E-state index contributed by atoms with van der Waals surface area (Å²) in [5.41, 5.74) is 7.56. The second-order valence-electron chi connectivity index (χ2n) is 7.06. The highest BCUT2D eigenvalue weighted by Gasteiger charge is 2.37. The summed E-state index contributed by atoms with van der Waals surface area (Å²) in [4.78, 5) is 28.2. The number of hydrogen-bond donors (Lipinski definition) is 4. The fourth-order valence-electron chi connectivity index (χ4n) is 3.38. The summed E-state index contributed by atoms with van der Waals surface area (Å²) in [6.45, 7) is 3.76. The van der Waals surface area contributed by atoms with E-state index in [1.807, 2.05) is 31.1 Å². The molecule has 0 spiro atoms. The van der Waals surface area contributed by atoms with Crippen LogP contribution in [0.3, 0.4) is 0 Å². The van der Waals surface area contributed by atoms with Crippen LogP contribution in [0.4, 0.5) is 11.6 Å². The molecule has 0 bridgehead atoms. The Labute approximate surface area is 167 Å². The van der Waals surface area contributed by atoms with Crippen molar-refractivity contribution in [3.05, 3.63) is 53.4 Å². The molecule has 1 aliphatic rings. The van der Waals surface area contributed by atoms with Gasteiger partial charge in [0.2, 0.25) is 5.95 Å². The molecule has 3 aromatic heterocycles. The van der Waals surface area contributed by atoms with Gasteiger partial charge >= 0.3 is 0 Å². The van der Waals surface area contributed by atoms with E-state index in [1.54, 1.807) is 17.0 Å². The van der Waals surface area contributed by atoms with Crippen molar-refractivity contribution in [2.75, 3.05) is 31.3 Å². The average molecular weight is 399 g/mol. The summed E-state index contributed by atoms with van der Waals surface area (Å²) in [5.74, 6) is -0.371. The first kappa shape index (κ1) is 20.5. The van der Waals surface area contributed by atoms with E-state index in [9.17, 15) is 15.0 Å². The summed E-state index contributed by atoms with van der Waals surface area (Å²) in [6.07, 6.45) is 4.78. The number of aromatic amines is 1. The Balaban J connectivity index is 0.000000224. The number of aliphatic hydroxyl groups is 2. The molecule has 3 heterocycles. The first-order valence-corrected chi connectivity index (χ1v) is 9.10. The van der Waals surface area contributed by atoms with Crippen LogP contribution >= 0.6 is 0 Å². The summed E-state index contributed by atoms with van der Waals surface area (Å²) in [7, 11) is 4.02. The van der Waals surface area contributed by atoms with E-state index in [-0.39, 0.29) is 30.0 Å². The number of fused-ring (bicyclic) bond motifs is 1. The highest BCUT2D eigenvalue weighted by atomic mass is 16.3. The lowest BCUT2D eigenvalue weighted by atomic mass is 10.0. The fourth-order valence-corrected chi connectivity index (χ4v) is 3.38. The van der Waals surface area contributed by atoms with Crippen LogP contribution in [0.25, 0.3) is 11.2 Å². The number of nitrogen functional groups attached to an aromatic ring is 1. The second kappa shape index (κ2) is 8.41. The molecule has 10 nitrogen and oxygen atoms in total. The Hall–Kier alpha value is -3.24. The predicted molar refractivity (Wildman–Crippen MR) is 111 cm³/mol. The topological polar surface area (TPSA) is 146 Å². The molecule has 29 heavy (non-hydrogen) atoms. The number of imidazole rings is 1. The van der Waals surface area contributed by atoms with Crippen LogP contribution in [0.1, 0.15) is 12.5 Å². The van der Waals surface area contributed by atoms with Gasteiger partial charge in [-0.1, -0.05) is 6.58 Å². The number of anilines is 2. The molecule has 1 aliphatic carbocycles. The zero-order valence-electron chi connectivity index (χ0n) is 16.4. The largest absolute Gasteiger partial charge is 0.396 e. The number of nitrogens with zero attached hydrogens (tertiary/aromatic N) is 5. The molecule has 1 saturated carbocycles. The molecule has 154 valence electrons. The molecule has 0 aromatic carbocycles. The third-order valence-corrected chi connectivity index (χ3v) is 5.00. The Bertz CT molecular complexity index is 1040. The molecule has 3 atom stereocenters. The third-order valence-electron chi connectivity index (χ3n) is 5.00. The van der Waals surface area contributed by atoms with Gasteiger partial charge in [-0.3, -0.25) is 14.8 Å². The van der Waals surface area contributed by atoms with E-state index < -0.39 is 11.7 Å². The number of H-pyrrole nitrogens is 1. The quantitative estimate of drug-likeness (QED) is 0.461. The number of pyridine rings is 1. The number of aromatic nitrogens is 5. The molecule has 5 N–H and O–H groups in total. The van der Waals surface area contributed by atoms with Gasteiger partial charge in [0, 0.05) is 38.1 Å². The molecule has 3 aromatic rings. The van der Waals surface area contributed by atoms with E-state index >= 15 is 0 Å². The lowest BCUT2D eigenvalue weighted by molar-refractivity contribution is 0.101. The molecule has 4 rings (SSSR count). The number of nitrogens with two attached hydrogens (primary N) is 1. The highest BCUT2D eigenvalue weighted by molar-refractivity contribution is 5.71. The molecule has 0 radical (unpaired) electrons. The van der Waals surface area contributed by atoms with E-state index in [0.717, 1.165) is 0 Å². The predicted octanol–water partition coefficient (Wildman–Crippen LogP) is 0.320. The Morgan fingerprint density at radius 2 is 2.07 bits per heavy atom. The van der Waals surface area contributed by atoms with Gasteiger partial charge in [0.15, 0.2) is 11.2 Å². The molecule has 0 saturated heterocycles. The minimum atomic E-state index is -0.672. The molecular formula is C19H25N7O3. The van der Waals surface area contributed by atoms with Crippen molar-refractivity contribution < 1.29 is 10.2 Å². The molecule has 0 unspecified atom stereocenters. The van der Waals surface area contributed by atoms with Crippen molar-refractivity contribution in [1.82, 2.24) is 24.5 Å². The van der Waals surface area contributed by atoms with E-state index in [4.69, 9.17) is 5.73 Å². The monoisotopic (exact) mass is 399 g/mol. The van der Waals surface area contributed by atoms with E-state index in [2.05, 4.69) is 26.5 Å². The average Bonchev–Trinajstić information content (AvgIpc) is 3.23. The van der Waals surface area contributed by atoms with Crippen LogP contribution in [0.2, 0.25) is 0 Å². The van der Waals surface area contributed by atoms with Crippen LogP contribution in [0, 0.1) is 5.92 Å². The van der Waals surface area contributed by atoms with Crippen molar-refractivity contribution in [3.8, 4) is 0 Å². The van der Waals surface area contributed by atoms with Gasteiger partial charge < -0.3 is 25.4 Å². The van der Waals surface area contributed by atoms with Crippen molar-refractivity contribution in [3.63, 3.8) is 0 Å². The smallest absolute Gasteiger partial charge is 0.280 e. The van der Waals surface area contributed by atoms with E-state index in [0.29, 0.717) is 17.6 Å². The van der Waals surface area contributed by atoms with Crippen LogP contribution in [-0.4, -0.2) is 61.5 Å². The Morgan fingerprint density at radius 1 is 1.38 bits per heavy atom. The standard InChI is InChI=1S/C12H15N5O3.C7H10N2/c1-5-6(3-18)8(19)2-7(5)17-4-14-9-10(17)15-12(13)16-11(9)20;1-9(2)7-3-5-8-6-4-7/h4,6-8,18-19H,1-3H2,(H3,13,15,16,20);3-6H,1-2H3/t6-,7-,8-;/m0./s1. The number of nitrogens with one attached hydrogen (secondary N) is 1. The first-order valence-electron chi connectivity index (χ1n) is 9.10. The summed E-state index contributed by atoms with van der Waals surface area (Å²) in [5, 5.41) is 19.2. The zero-order valence-corrected chi connectivity index (χ0v) is 16.4. The molecule has 0 aliphatic heterocycles. The van der Waals surface area contributed by atoms with Gasteiger partial charge in [0.1, 0.15) is 0 Å². The zero-order chi connectivity index (χ0) is 21.1. The van der Waals surface area contributed by atoms with Gasteiger partial charge in [0.05, 0.1) is 25.1 Å². The molecule has 1 fully saturated rings. The highest BCUT2D eigenvalue weighted by Crippen LogP contribution is 2.39. The van der Waals surface area contributed by atoms with Gasteiger partial charge in [-0.2, -0.15) is 4.98 Å². The SMILES string of the molecule is C=C1[C@H](CO)[C@@H](O)C[C@@H]1n1cnc2c(=O)[nH]c(N)nc21.CN(C)c1ccncc1. The molecule has 0 amide bonds. The molecule has 10 heteroatoms. The van der Waals surface area contributed by atoms with Crippen molar-refractivity contribution in [1.29, 1.82) is 0 Å². The minimum Gasteiger partial charge on any atom is -0.396 e. The first-order chi connectivity index (χ1) is 13.8. The normalized spacial score (nSPS) is 21.1. The lowest BCUT2D eigenvalue weighted by Crippen LogP contribution is -2.17. The third kappa shape index (κ3) is 4.13. The summed E-state index contributed by atoms with van der Waals surface area (Å²) < 4.78 is 1.67. The lowest BCUT2D eigenvalue weighted by Gasteiger charge is -2.15. The summed E-state index contributed by atoms with van der Waals surface area (Å²) in [6, 6.07) is 3.68. The van der Waals surface area contributed by atoms with Crippen LogP contribution in [0.5, 0.6) is 0 Å². The Morgan fingerprint density at radius 3 is 2.62 bits per heavy atom. The fraction of sp³-hybridized carbons (Fsp3) is 0.368. The number of hydrogen-bond acceptors (Lipinski definition) is 8. The maximum atomic E-state index is 11.7. The number of aliphatic hydroxyl groups excluding tert-OH is 2. The van der Waals surface area contributed by atoms with Crippen molar-refractivity contribution >= 4 is 22.8 Å². The number of rotatable bonds is 3. The second-order valence-corrected chi connectivity index (χ2v) is 7.06.